The highest BCUT2D eigenvalue weighted by atomic mass is 16.4. The number of carboxylic acid groups (broad SMARTS) is 3. The van der Waals surface area contributed by atoms with E-state index in [2.05, 4.69) is 31.9 Å². The second-order valence-electron chi connectivity index (χ2n) is 16.2. The molecule has 65 heavy (non-hydrogen) atoms. The van der Waals surface area contributed by atoms with Crippen LogP contribution in [0.3, 0.4) is 0 Å². The molecule has 13 N–H and O–H groups in total. The number of primary amides is 1. The summed E-state index contributed by atoms with van der Waals surface area (Å²) < 4.78 is 0. The van der Waals surface area contributed by atoms with Crippen molar-refractivity contribution in [3.05, 3.63) is 71.8 Å². The van der Waals surface area contributed by atoms with Crippen molar-refractivity contribution >= 4 is 59.3 Å². The van der Waals surface area contributed by atoms with Crippen LogP contribution in [0.5, 0.6) is 0 Å². The Morgan fingerprint density at radius 1 is 0.538 bits per heavy atom. The van der Waals surface area contributed by atoms with E-state index < -0.39 is 127 Å². The second-order valence-corrected chi connectivity index (χ2v) is 16.2. The van der Waals surface area contributed by atoms with E-state index in [1.165, 1.54) is 0 Å². The van der Waals surface area contributed by atoms with Crippen LogP contribution in [0.15, 0.2) is 60.7 Å². The highest BCUT2D eigenvalue weighted by molar-refractivity contribution is 5.98. The van der Waals surface area contributed by atoms with Crippen LogP contribution in [0.2, 0.25) is 0 Å². The predicted octanol–water partition coefficient (Wildman–Crippen LogP) is -0.510. The van der Waals surface area contributed by atoms with E-state index in [1.807, 2.05) is 0 Å². The number of hydrogen-bond donors (Lipinski definition) is 11. The number of carbonyl (C=O) groups excluding carboxylic acids is 7. The van der Waals surface area contributed by atoms with Crippen molar-refractivity contribution in [2.45, 2.75) is 128 Å². The lowest BCUT2D eigenvalue weighted by atomic mass is 9.98. The largest absolute Gasteiger partial charge is 0.481 e. The summed E-state index contributed by atoms with van der Waals surface area (Å²) in [6.07, 6.45) is -2.30. The van der Waals surface area contributed by atoms with E-state index in [0.29, 0.717) is 17.5 Å². The van der Waals surface area contributed by atoms with E-state index in [0.717, 1.165) is 0 Å². The fraction of sp³-hybridized carbons (Fsp3) is 0.500. The minimum absolute atomic E-state index is 0.0403. The molecule has 7 amide bonds. The maximum absolute atomic E-state index is 14.2. The Labute approximate surface area is 376 Å². The molecule has 0 spiro atoms. The number of rotatable bonds is 29. The van der Waals surface area contributed by atoms with Gasteiger partial charge in [0.2, 0.25) is 41.4 Å². The Hall–Kier alpha value is -6.90. The van der Waals surface area contributed by atoms with Crippen molar-refractivity contribution in [1.29, 1.82) is 0 Å². The van der Waals surface area contributed by atoms with Crippen molar-refractivity contribution in [1.82, 2.24) is 31.9 Å². The molecule has 0 aromatic heterocycles. The maximum Gasteiger partial charge on any atom is 0.326 e. The predicted molar refractivity (Wildman–Crippen MR) is 234 cm³/mol. The van der Waals surface area contributed by atoms with Crippen molar-refractivity contribution in [3.63, 3.8) is 0 Å². The molecule has 2 rings (SSSR count). The molecule has 0 bridgehead atoms. The summed E-state index contributed by atoms with van der Waals surface area (Å²) >= 11 is 0. The summed E-state index contributed by atoms with van der Waals surface area (Å²) in [5, 5.41) is 43.2. The van der Waals surface area contributed by atoms with Gasteiger partial charge in [0, 0.05) is 25.7 Å². The first-order chi connectivity index (χ1) is 30.6. The molecule has 2 aromatic carbocycles. The Morgan fingerprint density at radius 2 is 0.969 bits per heavy atom. The molecule has 21 heteroatoms. The summed E-state index contributed by atoms with van der Waals surface area (Å²) in [6.45, 7) is 6.73. The molecule has 0 aliphatic rings. The monoisotopic (exact) mass is 910 g/mol. The minimum Gasteiger partial charge on any atom is -0.481 e. The van der Waals surface area contributed by atoms with Gasteiger partial charge in [-0.05, 0) is 42.2 Å². The van der Waals surface area contributed by atoms with Gasteiger partial charge in [-0.25, -0.2) is 4.79 Å². The molecule has 2 aromatic rings. The molecular weight excluding hydrogens is 849 g/mol. The first-order valence-electron chi connectivity index (χ1n) is 21.2. The topological polar surface area (TPSA) is 356 Å². The van der Waals surface area contributed by atoms with Crippen LogP contribution >= 0.6 is 0 Å². The Bertz CT molecular complexity index is 1970. The lowest BCUT2D eigenvalue weighted by molar-refractivity contribution is -0.145. The van der Waals surface area contributed by atoms with Gasteiger partial charge in [0.1, 0.15) is 36.3 Å². The molecule has 0 unspecified atom stereocenters. The zero-order chi connectivity index (χ0) is 48.8. The first-order valence-corrected chi connectivity index (χ1v) is 21.2. The molecule has 0 heterocycles. The zero-order valence-corrected chi connectivity index (χ0v) is 36.9. The van der Waals surface area contributed by atoms with Gasteiger partial charge in [0.05, 0.1) is 12.5 Å². The number of carboxylic acids is 3. The van der Waals surface area contributed by atoms with E-state index in [-0.39, 0.29) is 38.0 Å². The van der Waals surface area contributed by atoms with Gasteiger partial charge in [-0.2, -0.15) is 0 Å². The smallest absolute Gasteiger partial charge is 0.326 e. The quantitative estimate of drug-likeness (QED) is 0.0490. The molecule has 21 nitrogen and oxygen atoms in total. The third kappa shape index (κ3) is 20.0. The highest BCUT2D eigenvalue weighted by Gasteiger charge is 2.35. The number of nitrogens with two attached hydrogens (primary N) is 2. The number of carbonyl (C=O) groups is 10. The van der Waals surface area contributed by atoms with Crippen LogP contribution in [-0.2, 0) is 60.8 Å². The average molecular weight is 911 g/mol. The zero-order valence-electron chi connectivity index (χ0n) is 36.9. The minimum atomic E-state index is -1.75. The number of aliphatic carboxylic acids is 3. The fourth-order valence-electron chi connectivity index (χ4n) is 6.48. The fourth-order valence-corrected chi connectivity index (χ4v) is 6.48. The van der Waals surface area contributed by atoms with Crippen molar-refractivity contribution in [3.8, 4) is 0 Å². The van der Waals surface area contributed by atoms with Crippen LogP contribution in [-0.4, -0.2) is 117 Å². The number of benzene rings is 2. The third-order valence-electron chi connectivity index (χ3n) is 10.3. The third-order valence-corrected chi connectivity index (χ3v) is 10.3. The van der Waals surface area contributed by atoms with Gasteiger partial charge in [0.25, 0.3) is 0 Å². The van der Waals surface area contributed by atoms with Gasteiger partial charge in [-0.15, -0.1) is 0 Å². The summed E-state index contributed by atoms with van der Waals surface area (Å²) in [5.74, 6) is -11.4. The molecule has 0 radical (unpaired) electrons. The van der Waals surface area contributed by atoms with E-state index in [1.54, 1.807) is 88.4 Å². The molecular formula is C44H62N8O13. The lowest BCUT2D eigenvalue weighted by Gasteiger charge is -2.28. The number of amides is 7. The van der Waals surface area contributed by atoms with Crippen molar-refractivity contribution < 1.29 is 63.3 Å². The van der Waals surface area contributed by atoms with Gasteiger partial charge in [-0.3, -0.25) is 43.2 Å². The Kier molecular flexibility index (Phi) is 22.8. The van der Waals surface area contributed by atoms with Crippen molar-refractivity contribution in [2.75, 3.05) is 0 Å². The number of nitrogens with one attached hydrogen (secondary N) is 6. The summed E-state index contributed by atoms with van der Waals surface area (Å²) in [6, 6.07) is 6.64. The van der Waals surface area contributed by atoms with E-state index in [4.69, 9.17) is 16.6 Å². The Morgan fingerprint density at radius 3 is 1.42 bits per heavy atom. The summed E-state index contributed by atoms with van der Waals surface area (Å²) in [5.41, 5.74) is 12.5. The first kappa shape index (κ1) is 54.2. The standard InChI is InChI=1S/C44H62N8O13/c1-5-25(4)37(44(64)65)52-43(63)33(23-36(56)57)51-40(60)30(20-24(2)3)49-42(62)32(22-27-14-10-7-11-15-27)50-39(59)29(17-18-34(46)53)47-41(61)31(21-26-12-8-6-9-13-26)48-38(58)28(45)16-19-35(54)55/h6-15,24-25,28-33,37H,5,16-23,45H2,1-4H3,(H2,46,53)(H,47,61)(H,48,58)(H,49,62)(H,50,59)(H,51,60)(H,52,63)(H,54,55)(H,56,57)(H,64,65)/t25-,28-,29-,30-,31-,32-,33-,37-/m0/s1. The van der Waals surface area contributed by atoms with Gasteiger partial charge in [0.15, 0.2) is 0 Å². The Balaban J connectivity index is 2.47. The van der Waals surface area contributed by atoms with Gasteiger partial charge < -0.3 is 58.7 Å². The molecule has 0 aliphatic heterocycles. The van der Waals surface area contributed by atoms with Crippen LogP contribution in [0.1, 0.15) is 83.8 Å². The van der Waals surface area contributed by atoms with Crippen LogP contribution in [0.25, 0.3) is 0 Å². The van der Waals surface area contributed by atoms with Gasteiger partial charge >= 0.3 is 17.9 Å². The van der Waals surface area contributed by atoms with E-state index >= 15 is 0 Å². The maximum atomic E-state index is 14.2. The molecule has 356 valence electrons. The van der Waals surface area contributed by atoms with E-state index in [9.17, 15) is 58.2 Å². The molecule has 0 saturated carbocycles. The summed E-state index contributed by atoms with van der Waals surface area (Å²) in [4.78, 5) is 129. The van der Waals surface area contributed by atoms with Crippen LogP contribution < -0.4 is 43.4 Å². The summed E-state index contributed by atoms with van der Waals surface area (Å²) in [7, 11) is 0. The SMILES string of the molecule is CC[C@H](C)[C@H](NC(=O)[C@H](CC(=O)O)NC(=O)[C@H](CC(C)C)NC(=O)[C@H](Cc1ccccc1)NC(=O)[C@H](CCC(N)=O)NC(=O)[C@H](Cc1ccccc1)NC(=O)[C@@H](N)CCC(=O)O)C(=O)O. The molecule has 0 fully saturated rings. The molecule has 0 aliphatic carbocycles. The average Bonchev–Trinajstić information content (AvgIpc) is 3.24. The normalized spacial score (nSPS) is 14.7. The second kappa shape index (κ2) is 27.3. The molecule has 0 saturated heterocycles. The van der Waals surface area contributed by atoms with Gasteiger partial charge in [-0.1, -0.05) is 94.8 Å². The highest BCUT2D eigenvalue weighted by Crippen LogP contribution is 2.13. The number of hydrogen-bond acceptors (Lipinski definition) is 11. The lowest BCUT2D eigenvalue weighted by Crippen LogP contribution is -2.60. The molecule has 8 atom stereocenters. The van der Waals surface area contributed by atoms with Crippen LogP contribution in [0, 0.1) is 11.8 Å². The van der Waals surface area contributed by atoms with Crippen LogP contribution in [0.4, 0.5) is 0 Å². The van der Waals surface area contributed by atoms with Crippen molar-refractivity contribution in [2.24, 2.45) is 23.3 Å².